The monoisotopic (exact) mass is 536 g/mol. The summed E-state index contributed by atoms with van der Waals surface area (Å²) in [6.45, 7) is 9.24. The van der Waals surface area contributed by atoms with Gasteiger partial charge in [0.1, 0.15) is 5.60 Å². The Bertz CT molecular complexity index is 1280. The Kier molecular flexibility index (Phi) is 6.56. The molecule has 3 amide bonds. The Labute approximate surface area is 229 Å². The van der Waals surface area contributed by atoms with Crippen LogP contribution in [0.25, 0.3) is 10.9 Å². The number of carbonyl (C=O) groups is 3. The third kappa shape index (κ3) is 4.99. The Hall–Kier alpha value is -3.14. The fraction of sp³-hybridized carbons (Fsp3) is 0.655. The molecule has 4 saturated heterocycles. The second kappa shape index (κ2) is 9.80. The summed E-state index contributed by atoms with van der Waals surface area (Å²) < 4.78 is 7.45. The molecule has 10 heteroatoms. The average molecular weight is 537 g/mol. The van der Waals surface area contributed by atoms with Gasteiger partial charge in [-0.2, -0.15) is 5.10 Å². The molecule has 0 aliphatic carbocycles. The smallest absolute Gasteiger partial charge is 0.410 e. The van der Waals surface area contributed by atoms with Crippen molar-refractivity contribution in [3.05, 3.63) is 23.9 Å². The van der Waals surface area contributed by atoms with E-state index in [9.17, 15) is 14.4 Å². The van der Waals surface area contributed by atoms with Crippen LogP contribution in [0.1, 0.15) is 70.9 Å². The predicted molar refractivity (Wildman–Crippen MR) is 148 cm³/mol. The molecule has 10 nitrogen and oxygen atoms in total. The van der Waals surface area contributed by atoms with E-state index in [1.807, 2.05) is 37.4 Å². The number of piperazine rings is 1. The zero-order valence-electron chi connectivity index (χ0n) is 23.5. The summed E-state index contributed by atoms with van der Waals surface area (Å²) in [7, 11) is 1.92. The van der Waals surface area contributed by atoms with Crippen molar-refractivity contribution in [2.24, 2.45) is 7.05 Å². The molecule has 4 aliphatic rings. The molecule has 4 fully saturated rings. The molecule has 2 aromatic rings. The summed E-state index contributed by atoms with van der Waals surface area (Å²) in [5.41, 5.74) is 2.49. The number of carbonyl (C=O) groups excluding carboxylic acids is 3. The largest absolute Gasteiger partial charge is 0.444 e. The van der Waals surface area contributed by atoms with E-state index >= 15 is 0 Å². The Balaban J connectivity index is 1.13. The molecule has 3 unspecified atom stereocenters. The number of benzene rings is 1. The Morgan fingerprint density at radius 2 is 1.69 bits per heavy atom. The van der Waals surface area contributed by atoms with Crippen molar-refractivity contribution in [2.45, 2.75) is 88.9 Å². The molecule has 39 heavy (non-hydrogen) atoms. The first-order valence-corrected chi connectivity index (χ1v) is 14.4. The van der Waals surface area contributed by atoms with Gasteiger partial charge in [-0.3, -0.25) is 24.5 Å². The van der Waals surface area contributed by atoms with Gasteiger partial charge in [-0.05, 0) is 71.1 Å². The van der Waals surface area contributed by atoms with Gasteiger partial charge in [0, 0.05) is 68.8 Å². The first-order chi connectivity index (χ1) is 18.6. The molecular formula is C29H40N6O4. The molecule has 2 bridgehead atoms. The number of nitrogens with zero attached hydrogens (tertiary/aromatic N) is 5. The number of piperidine rings is 2. The lowest BCUT2D eigenvalue weighted by Crippen LogP contribution is -2.59. The van der Waals surface area contributed by atoms with Crippen LogP contribution < -0.4 is 10.2 Å². The van der Waals surface area contributed by atoms with E-state index in [-0.39, 0.29) is 17.9 Å². The highest BCUT2D eigenvalue weighted by molar-refractivity contribution is 6.02. The van der Waals surface area contributed by atoms with E-state index in [2.05, 4.69) is 33.3 Å². The van der Waals surface area contributed by atoms with Crippen molar-refractivity contribution in [1.29, 1.82) is 0 Å². The predicted octanol–water partition coefficient (Wildman–Crippen LogP) is 3.15. The summed E-state index contributed by atoms with van der Waals surface area (Å²) >= 11 is 0. The van der Waals surface area contributed by atoms with Gasteiger partial charge in [-0.15, -0.1) is 0 Å². The van der Waals surface area contributed by atoms with E-state index in [1.165, 1.54) is 18.5 Å². The average Bonchev–Trinajstić information content (AvgIpc) is 3.35. The number of anilines is 1. The molecule has 0 spiro atoms. The Morgan fingerprint density at radius 1 is 1.00 bits per heavy atom. The minimum Gasteiger partial charge on any atom is -0.444 e. The molecule has 3 atom stereocenters. The number of ether oxygens (including phenoxy) is 1. The molecule has 0 saturated carbocycles. The highest BCUT2D eigenvalue weighted by Crippen LogP contribution is 2.38. The second-order valence-electron chi connectivity index (χ2n) is 12.6. The summed E-state index contributed by atoms with van der Waals surface area (Å²) in [6.07, 6.45) is 5.06. The van der Waals surface area contributed by atoms with Crippen LogP contribution in [0.3, 0.4) is 0 Å². The van der Waals surface area contributed by atoms with E-state index in [0.717, 1.165) is 55.6 Å². The fourth-order valence-electron chi connectivity index (χ4n) is 7.10. The third-order valence-electron chi connectivity index (χ3n) is 8.87. The van der Waals surface area contributed by atoms with Gasteiger partial charge >= 0.3 is 6.09 Å². The van der Waals surface area contributed by atoms with Crippen molar-refractivity contribution in [3.8, 4) is 0 Å². The van der Waals surface area contributed by atoms with Gasteiger partial charge in [0.25, 0.3) is 0 Å². The third-order valence-corrected chi connectivity index (χ3v) is 8.87. The fourth-order valence-corrected chi connectivity index (χ4v) is 7.10. The number of nitrogens with one attached hydrogen (secondary N) is 1. The topological polar surface area (TPSA) is 100 Å². The highest BCUT2D eigenvalue weighted by atomic mass is 16.6. The van der Waals surface area contributed by atoms with Crippen molar-refractivity contribution >= 4 is 34.5 Å². The zero-order chi connectivity index (χ0) is 27.5. The van der Waals surface area contributed by atoms with E-state index in [4.69, 9.17) is 9.84 Å². The lowest BCUT2D eigenvalue weighted by molar-refractivity contribution is -0.134. The van der Waals surface area contributed by atoms with Crippen molar-refractivity contribution in [3.63, 3.8) is 0 Å². The van der Waals surface area contributed by atoms with Gasteiger partial charge in [-0.1, -0.05) is 0 Å². The number of amides is 3. The van der Waals surface area contributed by atoms with E-state index in [0.29, 0.717) is 31.0 Å². The summed E-state index contributed by atoms with van der Waals surface area (Å²) in [6, 6.07) is 8.00. The van der Waals surface area contributed by atoms with Crippen LogP contribution in [0, 0.1) is 0 Å². The van der Waals surface area contributed by atoms with Crippen LogP contribution in [0.2, 0.25) is 0 Å². The van der Waals surface area contributed by atoms with Gasteiger partial charge < -0.3 is 14.5 Å². The molecular weight excluding hydrogens is 496 g/mol. The number of rotatable bonds is 3. The Morgan fingerprint density at radius 3 is 2.33 bits per heavy atom. The minimum absolute atomic E-state index is 0.194. The molecule has 5 heterocycles. The molecule has 6 rings (SSSR count). The van der Waals surface area contributed by atoms with Crippen LogP contribution >= 0.6 is 0 Å². The van der Waals surface area contributed by atoms with Crippen LogP contribution in [0.15, 0.2) is 18.2 Å². The van der Waals surface area contributed by atoms with Gasteiger partial charge in [0.2, 0.25) is 11.8 Å². The van der Waals surface area contributed by atoms with Gasteiger partial charge in [-0.25, -0.2) is 4.79 Å². The van der Waals surface area contributed by atoms with E-state index in [1.54, 1.807) is 0 Å². The quantitative estimate of drug-likeness (QED) is 0.602. The first kappa shape index (κ1) is 26.1. The van der Waals surface area contributed by atoms with Crippen LogP contribution in [0.5, 0.6) is 0 Å². The normalized spacial score (nSPS) is 26.8. The number of fused-ring (bicyclic) bond motifs is 3. The van der Waals surface area contributed by atoms with Crippen LogP contribution in [0.4, 0.5) is 10.5 Å². The lowest BCUT2D eigenvalue weighted by Gasteiger charge is -2.48. The van der Waals surface area contributed by atoms with Crippen LogP contribution in [-0.4, -0.2) is 87.4 Å². The van der Waals surface area contributed by atoms with E-state index < -0.39 is 11.5 Å². The number of aromatic nitrogens is 2. The minimum atomic E-state index is -0.464. The van der Waals surface area contributed by atoms with Crippen LogP contribution in [-0.2, 0) is 21.4 Å². The summed E-state index contributed by atoms with van der Waals surface area (Å²) in [5.74, 6) is -0.848. The summed E-state index contributed by atoms with van der Waals surface area (Å²) in [4.78, 5) is 43.8. The number of hydrogen-bond donors (Lipinski definition) is 1. The number of aryl methyl sites for hydroxylation is 1. The molecule has 210 valence electrons. The maximum atomic E-state index is 12.5. The van der Waals surface area contributed by atoms with Crippen molar-refractivity contribution in [2.75, 3.05) is 31.1 Å². The first-order valence-electron chi connectivity index (χ1n) is 14.4. The standard InChI is InChI=1S/C29H40N6O4/c1-29(2,3)39-28(38)33-13-11-18(12-14-33)35-20-5-6-21(35)17-34(16-20)19-7-8-22-24(15-19)32(4)31-26(22)23-9-10-25(36)30-27(23)37/h7-8,15,18,20-21,23H,5-6,9-14,16-17H2,1-4H3,(H,30,36,37). The number of hydrogen-bond acceptors (Lipinski definition) is 7. The summed E-state index contributed by atoms with van der Waals surface area (Å²) in [5, 5.41) is 8.15. The SMILES string of the molecule is Cn1nc(C2CCC(=O)NC2=O)c2ccc(N3CC4CCC(C3)N4C3CCN(C(=O)OC(C)(C)C)CC3)cc21. The number of likely N-dealkylation sites (tertiary alicyclic amines) is 1. The van der Waals surface area contributed by atoms with Gasteiger partial charge in [0.05, 0.1) is 17.1 Å². The number of imide groups is 1. The second-order valence-corrected chi connectivity index (χ2v) is 12.6. The maximum Gasteiger partial charge on any atom is 0.410 e. The molecule has 1 aromatic heterocycles. The molecule has 4 aliphatic heterocycles. The van der Waals surface area contributed by atoms with Crippen molar-refractivity contribution < 1.29 is 19.1 Å². The molecule has 1 aromatic carbocycles. The zero-order valence-corrected chi connectivity index (χ0v) is 23.5. The molecule has 1 N–H and O–H groups in total. The lowest BCUT2D eigenvalue weighted by atomic mass is 9.92. The van der Waals surface area contributed by atoms with Crippen molar-refractivity contribution in [1.82, 2.24) is 24.9 Å². The maximum absolute atomic E-state index is 12.5. The van der Waals surface area contributed by atoms with Gasteiger partial charge in [0.15, 0.2) is 0 Å². The molecule has 0 radical (unpaired) electrons. The highest BCUT2D eigenvalue weighted by Gasteiger charge is 2.44.